The van der Waals surface area contributed by atoms with Crippen molar-refractivity contribution < 1.29 is 24.2 Å². The third kappa shape index (κ3) is 3.16. The van der Waals surface area contributed by atoms with Gasteiger partial charge in [0.25, 0.3) is 5.91 Å². The number of aryl methyl sites for hydroxylation is 2. The van der Waals surface area contributed by atoms with Gasteiger partial charge in [-0.3, -0.25) is 14.4 Å². The molecule has 2 saturated heterocycles. The van der Waals surface area contributed by atoms with Gasteiger partial charge in [0.2, 0.25) is 11.8 Å². The molecule has 8 nitrogen and oxygen atoms in total. The minimum Gasteiger partial charge on any atom is -0.394 e. The van der Waals surface area contributed by atoms with Crippen LogP contribution in [0.5, 0.6) is 0 Å². The van der Waals surface area contributed by atoms with Crippen molar-refractivity contribution in [3.63, 3.8) is 0 Å². The van der Waals surface area contributed by atoms with Crippen LogP contribution in [0.4, 0.5) is 5.69 Å². The zero-order chi connectivity index (χ0) is 25.3. The maximum Gasteiger partial charge on any atom is 0.253 e. The van der Waals surface area contributed by atoms with Crippen molar-refractivity contribution in [2.45, 2.75) is 51.0 Å². The minimum atomic E-state index is -1.32. The fourth-order valence-electron chi connectivity index (χ4n) is 6.58. The summed E-state index contributed by atoms with van der Waals surface area (Å²) in [4.78, 5) is 46.8. The van der Waals surface area contributed by atoms with Crippen molar-refractivity contribution in [1.29, 1.82) is 0 Å². The number of likely N-dealkylation sites (tertiary alicyclic amines) is 1. The van der Waals surface area contributed by atoms with E-state index in [2.05, 4.69) is 0 Å². The van der Waals surface area contributed by atoms with Crippen LogP contribution in [0, 0.1) is 25.7 Å². The van der Waals surface area contributed by atoms with Crippen LogP contribution in [-0.2, 0) is 19.1 Å². The number of benzene rings is 1. The SMILES string of the molecule is Cc1cccc(C)c1N1CC=C[C@]23O[C@]4(C)C=CCN(C)C(=O)[C@@H]4[C@H]2C(=O)N([C@H](C)CO)C3C1=O. The van der Waals surface area contributed by atoms with Crippen molar-refractivity contribution in [1.82, 2.24) is 9.80 Å². The standard InChI is InChI=1S/C27H33N3O5/c1-16-9-6-10-17(2)21(16)29-14-8-12-27-20(24(33)30(18(3)15-31)22(27)25(29)34)19-23(32)28(5)13-7-11-26(19,4)35-27/h6-12,18-20,22,31H,13-15H2,1-5H3/t18-,19+,20+,22?,26-,27+/m1/s1. The van der Waals surface area contributed by atoms with Crippen LogP contribution < -0.4 is 4.90 Å². The van der Waals surface area contributed by atoms with Gasteiger partial charge in [0.05, 0.1) is 30.1 Å². The highest BCUT2D eigenvalue weighted by Gasteiger charge is 2.75. The Morgan fingerprint density at radius 2 is 1.69 bits per heavy atom. The summed E-state index contributed by atoms with van der Waals surface area (Å²) in [5, 5.41) is 10.1. The lowest BCUT2D eigenvalue weighted by Crippen LogP contribution is -2.58. The molecule has 5 rings (SSSR count). The Hall–Kier alpha value is -2.97. The third-order valence-corrected chi connectivity index (χ3v) is 8.14. The number of nitrogens with zero attached hydrogens (tertiary/aromatic N) is 3. The average Bonchev–Trinajstić information content (AvgIpc) is 3.10. The molecule has 4 aliphatic rings. The summed E-state index contributed by atoms with van der Waals surface area (Å²) in [5.41, 5.74) is 0.360. The highest BCUT2D eigenvalue weighted by molar-refractivity contribution is 6.06. The molecule has 0 aliphatic carbocycles. The molecule has 35 heavy (non-hydrogen) atoms. The Bertz CT molecular complexity index is 1140. The van der Waals surface area contributed by atoms with E-state index >= 15 is 0 Å². The van der Waals surface area contributed by atoms with Crippen molar-refractivity contribution in [2.75, 3.05) is 31.6 Å². The quantitative estimate of drug-likeness (QED) is 0.665. The number of likely N-dealkylation sites (N-methyl/N-ethyl adjacent to an activating group) is 1. The molecule has 8 heteroatoms. The van der Waals surface area contributed by atoms with Crippen LogP contribution in [-0.4, -0.2) is 82.7 Å². The van der Waals surface area contributed by atoms with Gasteiger partial charge in [-0.2, -0.15) is 0 Å². The highest BCUT2D eigenvalue weighted by atomic mass is 16.5. The molecule has 1 unspecified atom stereocenters. The first-order valence-corrected chi connectivity index (χ1v) is 12.2. The van der Waals surface area contributed by atoms with E-state index < -0.39 is 35.1 Å². The highest BCUT2D eigenvalue weighted by Crippen LogP contribution is 2.57. The number of hydrogen-bond donors (Lipinski definition) is 1. The van der Waals surface area contributed by atoms with Gasteiger partial charge in [-0.1, -0.05) is 42.5 Å². The smallest absolute Gasteiger partial charge is 0.253 e. The van der Waals surface area contributed by atoms with E-state index in [1.54, 1.807) is 23.8 Å². The van der Waals surface area contributed by atoms with Crippen molar-refractivity contribution in [3.05, 3.63) is 53.6 Å². The molecule has 1 aromatic rings. The second-order valence-corrected chi connectivity index (χ2v) is 10.5. The van der Waals surface area contributed by atoms with Gasteiger partial charge in [0, 0.05) is 25.8 Å². The molecule has 1 N–H and O–H groups in total. The number of aliphatic hydroxyl groups excluding tert-OH is 1. The first-order valence-electron chi connectivity index (χ1n) is 12.2. The molecule has 4 aliphatic heterocycles. The van der Waals surface area contributed by atoms with Crippen molar-refractivity contribution >= 4 is 23.4 Å². The molecule has 2 fully saturated rings. The number of ether oxygens (including phenoxy) is 1. The van der Waals surface area contributed by atoms with Gasteiger partial charge in [-0.25, -0.2) is 0 Å². The van der Waals surface area contributed by atoms with Crippen LogP contribution >= 0.6 is 0 Å². The van der Waals surface area contributed by atoms with Gasteiger partial charge in [0.1, 0.15) is 11.6 Å². The Morgan fingerprint density at radius 3 is 2.34 bits per heavy atom. The molecule has 0 saturated carbocycles. The van der Waals surface area contributed by atoms with Crippen LogP contribution in [0.15, 0.2) is 42.5 Å². The summed E-state index contributed by atoms with van der Waals surface area (Å²) in [5.74, 6) is -2.43. The van der Waals surface area contributed by atoms with E-state index in [-0.39, 0.29) is 24.3 Å². The summed E-state index contributed by atoms with van der Waals surface area (Å²) in [6.45, 7) is 7.91. The van der Waals surface area contributed by atoms with Crippen LogP contribution in [0.3, 0.4) is 0 Å². The van der Waals surface area contributed by atoms with E-state index in [0.717, 1.165) is 16.8 Å². The van der Waals surface area contributed by atoms with Gasteiger partial charge in [-0.05, 0) is 38.8 Å². The fraction of sp³-hybridized carbons (Fsp3) is 0.519. The molecule has 1 aromatic carbocycles. The molecule has 0 radical (unpaired) electrons. The molecule has 0 aromatic heterocycles. The molecule has 186 valence electrons. The molecule has 4 heterocycles. The second-order valence-electron chi connectivity index (χ2n) is 10.5. The molecular weight excluding hydrogens is 446 g/mol. The molecular formula is C27H33N3O5. The van der Waals surface area contributed by atoms with Gasteiger partial charge < -0.3 is 24.5 Å². The fourth-order valence-corrected chi connectivity index (χ4v) is 6.58. The van der Waals surface area contributed by atoms with E-state index in [1.807, 2.05) is 63.3 Å². The predicted octanol–water partition coefficient (Wildman–Crippen LogP) is 1.59. The lowest BCUT2D eigenvalue weighted by Gasteiger charge is -2.39. The van der Waals surface area contributed by atoms with Crippen LogP contribution in [0.2, 0.25) is 0 Å². The summed E-state index contributed by atoms with van der Waals surface area (Å²) in [6, 6.07) is 4.25. The van der Waals surface area contributed by atoms with Crippen LogP contribution in [0.1, 0.15) is 25.0 Å². The number of anilines is 1. The zero-order valence-electron chi connectivity index (χ0n) is 20.9. The lowest BCUT2D eigenvalue weighted by molar-refractivity contribution is -0.150. The minimum absolute atomic E-state index is 0.179. The Morgan fingerprint density at radius 1 is 1.03 bits per heavy atom. The van der Waals surface area contributed by atoms with Crippen molar-refractivity contribution in [3.8, 4) is 0 Å². The number of fused-ring (bicyclic) bond motifs is 2. The van der Waals surface area contributed by atoms with Gasteiger partial charge in [-0.15, -0.1) is 0 Å². The topological polar surface area (TPSA) is 90.4 Å². The van der Waals surface area contributed by atoms with E-state index in [9.17, 15) is 19.5 Å². The lowest BCUT2D eigenvalue weighted by atomic mass is 9.74. The molecule has 3 amide bonds. The largest absolute Gasteiger partial charge is 0.394 e. The first kappa shape index (κ1) is 23.8. The van der Waals surface area contributed by atoms with Crippen molar-refractivity contribution in [2.24, 2.45) is 11.8 Å². The maximum atomic E-state index is 14.4. The second kappa shape index (κ2) is 8.03. The average molecular weight is 480 g/mol. The number of carbonyl (C=O) groups is 3. The summed E-state index contributed by atoms with van der Waals surface area (Å²) < 4.78 is 6.74. The first-order chi connectivity index (χ1) is 16.6. The molecule has 1 spiro atoms. The molecule has 6 atom stereocenters. The third-order valence-electron chi connectivity index (χ3n) is 8.14. The number of para-hydroxylation sites is 1. The van der Waals surface area contributed by atoms with E-state index in [0.29, 0.717) is 13.1 Å². The Kier molecular flexibility index (Phi) is 5.45. The summed E-state index contributed by atoms with van der Waals surface area (Å²) in [7, 11) is 1.71. The Labute approximate surface area is 205 Å². The number of aliphatic hydroxyl groups is 1. The van der Waals surface area contributed by atoms with Gasteiger partial charge in [0.15, 0.2) is 0 Å². The van der Waals surface area contributed by atoms with E-state index in [4.69, 9.17) is 4.74 Å². The number of amides is 3. The molecule has 0 bridgehead atoms. The van der Waals surface area contributed by atoms with Crippen LogP contribution in [0.25, 0.3) is 0 Å². The predicted molar refractivity (Wildman–Crippen MR) is 131 cm³/mol. The zero-order valence-corrected chi connectivity index (χ0v) is 20.9. The van der Waals surface area contributed by atoms with Gasteiger partial charge >= 0.3 is 0 Å². The maximum absolute atomic E-state index is 14.4. The number of rotatable bonds is 3. The summed E-state index contributed by atoms with van der Waals surface area (Å²) >= 11 is 0. The Balaban J connectivity index is 1.70. The monoisotopic (exact) mass is 479 g/mol. The number of hydrogen-bond acceptors (Lipinski definition) is 5. The summed E-state index contributed by atoms with van der Waals surface area (Å²) in [6.07, 6.45) is 7.46. The number of carbonyl (C=O) groups excluding carboxylic acids is 3. The van der Waals surface area contributed by atoms with E-state index in [1.165, 1.54) is 4.90 Å². The normalized spacial score (nSPS) is 35.1.